The molecule has 3 aliphatic heterocycles. The lowest BCUT2D eigenvalue weighted by Crippen LogP contribution is -2.52. The minimum absolute atomic E-state index is 0.0277. The first kappa shape index (κ1) is 20.7. The summed E-state index contributed by atoms with van der Waals surface area (Å²) in [6, 6.07) is 4.60. The standard InChI is InChI=1S/C24H34N6O/c1-27-12-14-29(15-13-27)23-10-4-9-22-26-19(21(17-31)30(22)23)16-28(2)20-8-3-6-18-7-5-11-25-24(18)20/h4-5,7,9-11,19-21,31H,3,6,8,12-17H2,1-2H3/t19?,20-,21?/m0/s1. The number of aliphatic imine (C=N–C) groups is 1. The molecule has 166 valence electrons. The highest BCUT2D eigenvalue weighted by Crippen LogP contribution is 2.34. The SMILES string of the molecule is CN1CCN(C2=CC=CC3=NC(CN(C)[C@H]4CCCc5cccnc54)C(CO)N23)CC1. The maximum atomic E-state index is 10.4. The fraction of sp³-hybridized carbons (Fsp3) is 0.583. The van der Waals surface area contributed by atoms with Crippen LogP contribution in [0.4, 0.5) is 0 Å². The summed E-state index contributed by atoms with van der Waals surface area (Å²) >= 11 is 0. The van der Waals surface area contributed by atoms with Gasteiger partial charge in [0.15, 0.2) is 0 Å². The van der Waals surface area contributed by atoms with Crippen molar-refractivity contribution in [1.82, 2.24) is 24.6 Å². The summed E-state index contributed by atoms with van der Waals surface area (Å²) in [6.45, 7) is 5.05. The van der Waals surface area contributed by atoms with E-state index in [2.05, 4.69) is 58.0 Å². The molecule has 0 aromatic carbocycles. The second-order valence-electron chi connectivity index (χ2n) is 9.24. The molecule has 1 saturated heterocycles. The smallest absolute Gasteiger partial charge is 0.129 e. The molecule has 1 aromatic heterocycles. The molecule has 31 heavy (non-hydrogen) atoms. The van der Waals surface area contributed by atoms with E-state index in [0.717, 1.165) is 51.4 Å². The lowest BCUT2D eigenvalue weighted by Gasteiger charge is -2.42. The third-order valence-corrected chi connectivity index (χ3v) is 7.24. The van der Waals surface area contributed by atoms with E-state index < -0.39 is 0 Å². The Kier molecular flexibility index (Phi) is 5.82. The minimum Gasteiger partial charge on any atom is -0.394 e. The zero-order valence-corrected chi connectivity index (χ0v) is 18.7. The fourth-order valence-corrected chi connectivity index (χ4v) is 5.47. The third kappa shape index (κ3) is 3.90. The molecule has 7 nitrogen and oxygen atoms in total. The average Bonchev–Trinajstić information content (AvgIpc) is 3.16. The molecular formula is C24H34N6O. The van der Waals surface area contributed by atoms with Gasteiger partial charge in [0.1, 0.15) is 11.7 Å². The number of aromatic nitrogens is 1. The van der Waals surface area contributed by atoms with E-state index in [1.807, 2.05) is 12.3 Å². The molecule has 4 heterocycles. The van der Waals surface area contributed by atoms with Crippen molar-refractivity contribution in [3.05, 3.63) is 53.6 Å². The number of pyridine rings is 1. The highest BCUT2D eigenvalue weighted by molar-refractivity contribution is 5.97. The van der Waals surface area contributed by atoms with Gasteiger partial charge in [-0.05, 0) is 57.1 Å². The van der Waals surface area contributed by atoms with Crippen LogP contribution in [0.1, 0.15) is 30.1 Å². The van der Waals surface area contributed by atoms with Crippen molar-refractivity contribution in [2.45, 2.75) is 37.4 Å². The number of amidine groups is 1. The van der Waals surface area contributed by atoms with Crippen molar-refractivity contribution in [1.29, 1.82) is 0 Å². The number of fused-ring (bicyclic) bond motifs is 2. The second-order valence-corrected chi connectivity index (χ2v) is 9.24. The minimum atomic E-state index is -0.0277. The Morgan fingerprint density at radius 3 is 2.87 bits per heavy atom. The molecule has 0 bridgehead atoms. The Hall–Kier alpha value is -2.22. The largest absolute Gasteiger partial charge is 0.394 e. The summed E-state index contributed by atoms with van der Waals surface area (Å²) in [4.78, 5) is 19.3. The molecule has 0 spiro atoms. The molecule has 3 atom stereocenters. The van der Waals surface area contributed by atoms with Crippen LogP contribution in [0.15, 0.2) is 47.4 Å². The van der Waals surface area contributed by atoms with Gasteiger partial charge in [0, 0.05) is 38.9 Å². The maximum Gasteiger partial charge on any atom is 0.129 e. The maximum absolute atomic E-state index is 10.4. The van der Waals surface area contributed by atoms with Gasteiger partial charge in [0.25, 0.3) is 0 Å². The highest BCUT2D eigenvalue weighted by Gasteiger charge is 2.40. The van der Waals surface area contributed by atoms with Gasteiger partial charge in [-0.2, -0.15) is 0 Å². The molecule has 7 heteroatoms. The van der Waals surface area contributed by atoms with E-state index in [9.17, 15) is 5.11 Å². The molecule has 1 aromatic rings. The summed E-state index contributed by atoms with van der Waals surface area (Å²) in [5, 5.41) is 10.4. The zero-order valence-electron chi connectivity index (χ0n) is 18.7. The quantitative estimate of drug-likeness (QED) is 0.776. The van der Waals surface area contributed by atoms with E-state index in [4.69, 9.17) is 9.98 Å². The Morgan fingerprint density at radius 1 is 1.23 bits per heavy atom. The highest BCUT2D eigenvalue weighted by atomic mass is 16.3. The number of hydrogen-bond acceptors (Lipinski definition) is 7. The molecule has 5 rings (SSSR count). The third-order valence-electron chi connectivity index (χ3n) is 7.24. The van der Waals surface area contributed by atoms with Gasteiger partial charge in [-0.1, -0.05) is 12.1 Å². The fourth-order valence-electron chi connectivity index (χ4n) is 5.47. The number of piperazine rings is 1. The van der Waals surface area contributed by atoms with Gasteiger partial charge in [0.2, 0.25) is 0 Å². The molecule has 1 N–H and O–H groups in total. The predicted molar refractivity (Wildman–Crippen MR) is 123 cm³/mol. The monoisotopic (exact) mass is 422 g/mol. The molecule has 1 aliphatic carbocycles. The Labute approximate surface area is 185 Å². The summed E-state index contributed by atoms with van der Waals surface area (Å²) in [5.74, 6) is 2.17. The number of rotatable bonds is 5. The molecule has 0 amide bonds. The first-order valence-electron chi connectivity index (χ1n) is 11.6. The lowest BCUT2D eigenvalue weighted by molar-refractivity contribution is 0.115. The number of aliphatic hydroxyl groups excluding tert-OH is 1. The van der Waals surface area contributed by atoms with E-state index in [1.54, 1.807) is 0 Å². The molecule has 4 aliphatic rings. The number of likely N-dealkylation sites (N-methyl/N-ethyl adjacent to an activating group) is 2. The normalized spacial score (nSPS) is 28.5. The van der Waals surface area contributed by atoms with Crippen LogP contribution in [0.25, 0.3) is 0 Å². The first-order chi connectivity index (χ1) is 15.2. The van der Waals surface area contributed by atoms with Gasteiger partial charge < -0.3 is 19.8 Å². The van der Waals surface area contributed by atoms with Gasteiger partial charge in [-0.3, -0.25) is 14.9 Å². The van der Waals surface area contributed by atoms with E-state index in [0.29, 0.717) is 6.04 Å². The van der Waals surface area contributed by atoms with Crippen LogP contribution in [-0.2, 0) is 6.42 Å². The molecular weight excluding hydrogens is 388 g/mol. The van der Waals surface area contributed by atoms with Crippen LogP contribution < -0.4 is 0 Å². The number of aliphatic hydroxyl groups is 1. The summed E-state index contributed by atoms with van der Waals surface area (Å²) < 4.78 is 0. The predicted octanol–water partition coefficient (Wildman–Crippen LogP) is 1.49. The van der Waals surface area contributed by atoms with Crippen LogP contribution >= 0.6 is 0 Å². The topological polar surface area (TPSA) is 58.4 Å². The molecule has 2 unspecified atom stereocenters. The first-order valence-corrected chi connectivity index (χ1v) is 11.6. The lowest BCUT2D eigenvalue weighted by atomic mass is 9.90. The second kappa shape index (κ2) is 8.73. The van der Waals surface area contributed by atoms with Crippen LogP contribution in [0.3, 0.4) is 0 Å². The van der Waals surface area contributed by atoms with Crippen LogP contribution in [0.5, 0.6) is 0 Å². The Bertz CT molecular complexity index is 888. The summed E-state index contributed by atoms with van der Waals surface area (Å²) in [7, 11) is 4.36. The number of allylic oxidation sites excluding steroid dienone is 2. The number of aryl methyl sites for hydroxylation is 1. The summed E-state index contributed by atoms with van der Waals surface area (Å²) in [5.41, 5.74) is 2.60. The van der Waals surface area contributed by atoms with Crippen molar-refractivity contribution in [2.24, 2.45) is 4.99 Å². The Morgan fingerprint density at radius 2 is 2.06 bits per heavy atom. The van der Waals surface area contributed by atoms with Gasteiger partial charge in [0.05, 0.1) is 30.4 Å². The van der Waals surface area contributed by atoms with Crippen molar-refractivity contribution in [2.75, 3.05) is 53.4 Å². The van der Waals surface area contributed by atoms with Crippen LogP contribution in [-0.4, -0.2) is 101 Å². The Balaban J connectivity index is 1.33. The molecule has 1 fully saturated rings. The van der Waals surface area contributed by atoms with Crippen LogP contribution in [0.2, 0.25) is 0 Å². The van der Waals surface area contributed by atoms with Gasteiger partial charge in [-0.15, -0.1) is 0 Å². The number of nitrogens with zero attached hydrogens (tertiary/aromatic N) is 6. The number of hydrogen-bond donors (Lipinski definition) is 1. The average molecular weight is 423 g/mol. The van der Waals surface area contributed by atoms with Gasteiger partial charge in [-0.25, -0.2) is 0 Å². The van der Waals surface area contributed by atoms with E-state index in [-0.39, 0.29) is 18.7 Å². The molecule has 0 saturated carbocycles. The van der Waals surface area contributed by atoms with Crippen LogP contribution in [0, 0.1) is 0 Å². The zero-order chi connectivity index (χ0) is 21.4. The van der Waals surface area contributed by atoms with E-state index >= 15 is 0 Å². The van der Waals surface area contributed by atoms with Crippen molar-refractivity contribution >= 4 is 5.84 Å². The van der Waals surface area contributed by atoms with Gasteiger partial charge >= 0.3 is 0 Å². The van der Waals surface area contributed by atoms with E-state index in [1.165, 1.54) is 23.5 Å². The van der Waals surface area contributed by atoms with Crippen molar-refractivity contribution in [3.8, 4) is 0 Å². The van der Waals surface area contributed by atoms with Crippen molar-refractivity contribution < 1.29 is 5.11 Å². The van der Waals surface area contributed by atoms with Crippen molar-refractivity contribution in [3.63, 3.8) is 0 Å². The molecule has 0 radical (unpaired) electrons. The summed E-state index contributed by atoms with van der Waals surface area (Å²) in [6.07, 6.45) is 11.7.